The molecule has 1 aromatic carbocycles. The molecule has 0 aliphatic carbocycles. The van der Waals surface area contributed by atoms with Crippen LogP contribution in [0.4, 0.5) is 6.01 Å². The van der Waals surface area contributed by atoms with Gasteiger partial charge in [0.2, 0.25) is 5.89 Å². The molecule has 3 rings (SSSR count). The van der Waals surface area contributed by atoms with Crippen LogP contribution in [0, 0.1) is 6.92 Å². The lowest BCUT2D eigenvalue weighted by molar-refractivity contribution is 0.396. The lowest BCUT2D eigenvalue weighted by atomic mass is 9.97. The molecule has 2 heterocycles. The third kappa shape index (κ3) is 2.66. The van der Waals surface area contributed by atoms with Crippen molar-refractivity contribution in [2.24, 2.45) is 0 Å². The molecule has 0 radical (unpaired) electrons. The maximum Gasteiger partial charge on any atom is 0.318 e. The average Bonchev–Trinajstić information content (AvgIpc) is 3.15. The summed E-state index contributed by atoms with van der Waals surface area (Å²) in [6, 6.07) is 6.51. The Morgan fingerprint density at radius 3 is 2.76 bits per heavy atom. The molecule has 1 atom stereocenters. The Bertz CT molecular complexity index is 626. The van der Waals surface area contributed by atoms with Gasteiger partial charge in [0.1, 0.15) is 11.5 Å². The third-order valence-electron chi connectivity index (χ3n) is 3.85. The number of aromatic nitrogens is 2. The van der Waals surface area contributed by atoms with E-state index in [0.717, 1.165) is 36.6 Å². The number of ether oxygens (including phenoxy) is 2. The predicted octanol–water partition coefficient (Wildman–Crippen LogP) is 2.39. The Morgan fingerprint density at radius 2 is 2.10 bits per heavy atom. The highest BCUT2D eigenvalue weighted by Gasteiger charge is 2.29. The Balaban J connectivity index is 1.82. The Hall–Kier alpha value is -2.24. The van der Waals surface area contributed by atoms with Crippen molar-refractivity contribution in [1.82, 2.24) is 10.2 Å². The van der Waals surface area contributed by atoms with Crippen molar-refractivity contribution in [1.29, 1.82) is 0 Å². The van der Waals surface area contributed by atoms with Crippen LogP contribution >= 0.6 is 0 Å². The van der Waals surface area contributed by atoms with E-state index >= 15 is 0 Å². The van der Waals surface area contributed by atoms with Crippen molar-refractivity contribution in [3.63, 3.8) is 0 Å². The topological polar surface area (TPSA) is 60.6 Å². The van der Waals surface area contributed by atoms with Crippen molar-refractivity contribution in [3.8, 4) is 11.5 Å². The minimum atomic E-state index is 0.363. The number of hydrogen-bond acceptors (Lipinski definition) is 6. The second kappa shape index (κ2) is 5.63. The quantitative estimate of drug-likeness (QED) is 0.861. The fourth-order valence-corrected chi connectivity index (χ4v) is 2.76. The normalized spacial score (nSPS) is 18.0. The molecule has 112 valence electrons. The molecule has 1 aromatic heterocycles. The molecule has 1 aliphatic heterocycles. The maximum absolute atomic E-state index is 5.50. The first-order valence-corrected chi connectivity index (χ1v) is 6.98. The van der Waals surface area contributed by atoms with Crippen LogP contribution in [-0.4, -0.2) is 37.5 Å². The monoisotopic (exact) mass is 289 g/mol. The zero-order valence-electron chi connectivity index (χ0n) is 12.5. The van der Waals surface area contributed by atoms with Gasteiger partial charge >= 0.3 is 6.01 Å². The van der Waals surface area contributed by atoms with E-state index in [1.54, 1.807) is 21.1 Å². The molecule has 0 spiro atoms. The molecule has 1 aliphatic rings. The lowest BCUT2D eigenvalue weighted by Crippen LogP contribution is -2.19. The smallest absolute Gasteiger partial charge is 0.318 e. The summed E-state index contributed by atoms with van der Waals surface area (Å²) >= 11 is 0. The van der Waals surface area contributed by atoms with E-state index in [-0.39, 0.29) is 0 Å². The first-order valence-electron chi connectivity index (χ1n) is 6.98. The zero-order valence-corrected chi connectivity index (χ0v) is 12.5. The van der Waals surface area contributed by atoms with Crippen LogP contribution in [0.15, 0.2) is 22.6 Å². The van der Waals surface area contributed by atoms with Gasteiger partial charge in [-0.25, -0.2) is 0 Å². The van der Waals surface area contributed by atoms with Gasteiger partial charge in [-0.2, -0.15) is 0 Å². The van der Waals surface area contributed by atoms with Gasteiger partial charge in [0, 0.05) is 31.5 Å². The molecule has 6 heteroatoms. The van der Waals surface area contributed by atoms with Gasteiger partial charge < -0.3 is 18.8 Å². The van der Waals surface area contributed by atoms with Crippen LogP contribution in [0.2, 0.25) is 0 Å². The van der Waals surface area contributed by atoms with E-state index < -0.39 is 0 Å². The highest BCUT2D eigenvalue weighted by atomic mass is 16.5. The first kappa shape index (κ1) is 13.7. The Morgan fingerprint density at radius 1 is 1.24 bits per heavy atom. The lowest BCUT2D eigenvalue weighted by Gasteiger charge is -2.16. The van der Waals surface area contributed by atoms with Crippen molar-refractivity contribution in [3.05, 3.63) is 29.7 Å². The van der Waals surface area contributed by atoms with Crippen molar-refractivity contribution < 1.29 is 13.9 Å². The van der Waals surface area contributed by atoms with Crippen LogP contribution in [0.1, 0.15) is 23.8 Å². The van der Waals surface area contributed by atoms with E-state index in [2.05, 4.69) is 15.1 Å². The van der Waals surface area contributed by atoms with Gasteiger partial charge in [-0.05, 0) is 24.6 Å². The fourth-order valence-electron chi connectivity index (χ4n) is 2.76. The maximum atomic E-state index is 5.50. The third-order valence-corrected chi connectivity index (χ3v) is 3.85. The first-order chi connectivity index (χ1) is 10.2. The highest BCUT2D eigenvalue weighted by Crippen LogP contribution is 2.37. The molecule has 1 unspecified atom stereocenters. The fraction of sp³-hybridized carbons (Fsp3) is 0.467. The van der Waals surface area contributed by atoms with E-state index in [1.165, 1.54) is 0 Å². The average molecular weight is 289 g/mol. The van der Waals surface area contributed by atoms with Gasteiger partial charge in [0.05, 0.1) is 14.2 Å². The van der Waals surface area contributed by atoms with Crippen LogP contribution in [0.5, 0.6) is 11.5 Å². The Kier molecular flexibility index (Phi) is 3.68. The van der Waals surface area contributed by atoms with Crippen LogP contribution in [0.25, 0.3) is 0 Å². The number of methoxy groups -OCH3 is 2. The van der Waals surface area contributed by atoms with Crippen LogP contribution in [0.3, 0.4) is 0 Å². The summed E-state index contributed by atoms with van der Waals surface area (Å²) in [4.78, 5) is 2.11. The highest BCUT2D eigenvalue weighted by molar-refractivity contribution is 5.45. The molecular weight excluding hydrogens is 270 g/mol. The van der Waals surface area contributed by atoms with Gasteiger partial charge in [-0.15, -0.1) is 5.10 Å². The van der Waals surface area contributed by atoms with Crippen molar-refractivity contribution >= 4 is 6.01 Å². The summed E-state index contributed by atoms with van der Waals surface area (Å²) in [6.07, 6.45) is 1.02. The summed E-state index contributed by atoms with van der Waals surface area (Å²) in [7, 11) is 3.37. The Labute approximate surface area is 123 Å². The number of rotatable bonds is 4. The summed E-state index contributed by atoms with van der Waals surface area (Å²) in [5.41, 5.74) is 1.16. The number of anilines is 1. The van der Waals surface area contributed by atoms with E-state index in [9.17, 15) is 0 Å². The summed E-state index contributed by atoms with van der Waals surface area (Å²) in [5.74, 6) is 2.69. The minimum absolute atomic E-state index is 0.363. The summed E-state index contributed by atoms with van der Waals surface area (Å²) in [5, 5.41) is 7.97. The van der Waals surface area contributed by atoms with Gasteiger partial charge in [0.15, 0.2) is 0 Å². The molecule has 21 heavy (non-hydrogen) atoms. The summed E-state index contributed by atoms with van der Waals surface area (Å²) in [6.45, 7) is 3.53. The molecule has 1 saturated heterocycles. The number of aryl methyl sites for hydroxylation is 1. The standard InChI is InChI=1S/C15H19N3O3/c1-10-16-17-15(21-10)18-7-6-11(9-18)13-8-12(19-2)4-5-14(13)20-3/h4-5,8,11H,6-7,9H2,1-3H3. The van der Waals surface area contributed by atoms with E-state index in [1.807, 2.05) is 18.2 Å². The van der Waals surface area contributed by atoms with Gasteiger partial charge in [0.25, 0.3) is 0 Å². The second-order valence-electron chi connectivity index (χ2n) is 5.14. The molecule has 6 nitrogen and oxygen atoms in total. The van der Waals surface area contributed by atoms with Crippen molar-refractivity contribution in [2.75, 3.05) is 32.2 Å². The molecule has 0 bridgehead atoms. The molecule has 2 aromatic rings. The van der Waals surface area contributed by atoms with Crippen LogP contribution < -0.4 is 14.4 Å². The van der Waals surface area contributed by atoms with E-state index in [0.29, 0.717) is 17.8 Å². The van der Waals surface area contributed by atoms with Crippen molar-refractivity contribution in [2.45, 2.75) is 19.3 Å². The molecule has 0 amide bonds. The number of hydrogen-bond donors (Lipinski definition) is 0. The van der Waals surface area contributed by atoms with Gasteiger partial charge in [-0.1, -0.05) is 5.10 Å². The SMILES string of the molecule is COc1ccc(OC)c(C2CCN(c3nnc(C)o3)C2)c1. The van der Waals surface area contributed by atoms with Crippen LogP contribution in [-0.2, 0) is 0 Å². The molecule has 1 fully saturated rings. The van der Waals surface area contributed by atoms with Gasteiger partial charge in [-0.3, -0.25) is 0 Å². The largest absolute Gasteiger partial charge is 0.497 e. The summed E-state index contributed by atoms with van der Waals surface area (Å²) < 4.78 is 16.3. The number of benzene rings is 1. The molecular formula is C15H19N3O3. The second-order valence-corrected chi connectivity index (χ2v) is 5.14. The zero-order chi connectivity index (χ0) is 14.8. The predicted molar refractivity (Wildman–Crippen MR) is 78.2 cm³/mol. The number of nitrogens with zero attached hydrogens (tertiary/aromatic N) is 3. The van der Waals surface area contributed by atoms with E-state index in [4.69, 9.17) is 13.9 Å². The molecule has 0 saturated carbocycles. The molecule has 0 N–H and O–H groups in total. The minimum Gasteiger partial charge on any atom is -0.497 e.